The number of hydrogen-bond acceptors (Lipinski definition) is 7. The number of carboxylic acid groups (broad SMARTS) is 1. The van der Waals surface area contributed by atoms with Crippen molar-refractivity contribution in [3.05, 3.63) is 109 Å². The molecule has 9 nitrogen and oxygen atoms in total. The standard InChI is InChI=1S/C82H143NO8/c1-6-8-10-12-14-16-18-20-22-24-26-28-30-32-34-35-36-37-38-39-40-41-42-43-44-45-47-49-51-53-55-57-59-61-63-65-67-69-71-73-80(85)91-78(77-90-82(81(86)87)88-75-74-83(3,4)5)76-89-79(84)72-70-68-66-64-62-60-58-56-54-52-50-48-46-33-31-29-27-25-23-21-19-17-15-13-11-9-7-2/h8,10,14,16,20,22,26,28,32,34,36-37,39-40,42-43,45,47,78,82H,6-7,9,11-13,15,17-19,21,23-25,27,29-31,33,35,38,41,44,46,48-77H2,1-5H3/p+1/b10-8-,16-14-,22-20-,28-26-,34-32-,37-36-,40-39-,43-42-,47-45-. The van der Waals surface area contributed by atoms with E-state index in [1.54, 1.807) is 0 Å². The fourth-order valence-electron chi connectivity index (χ4n) is 10.8. The van der Waals surface area contributed by atoms with E-state index in [0.717, 1.165) is 103 Å². The van der Waals surface area contributed by atoms with Gasteiger partial charge in [-0.1, -0.05) is 348 Å². The summed E-state index contributed by atoms with van der Waals surface area (Å²) in [7, 11) is 5.98. The highest BCUT2D eigenvalue weighted by Crippen LogP contribution is 2.18. The zero-order chi connectivity index (χ0) is 66.1. The number of allylic oxidation sites excluding steroid dienone is 18. The summed E-state index contributed by atoms with van der Waals surface area (Å²) in [5.41, 5.74) is 0. The number of esters is 2. The number of hydrogen-bond donors (Lipinski definition) is 1. The van der Waals surface area contributed by atoms with Gasteiger partial charge in [-0.2, -0.15) is 0 Å². The van der Waals surface area contributed by atoms with Crippen LogP contribution in [0.3, 0.4) is 0 Å². The minimum atomic E-state index is -1.52. The molecule has 0 aromatic rings. The zero-order valence-electron chi connectivity index (χ0n) is 60.0. The van der Waals surface area contributed by atoms with Crippen molar-refractivity contribution in [2.24, 2.45) is 0 Å². The van der Waals surface area contributed by atoms with Gasteiger partial charge in [-0.05, 0) is 83.5 Å². The quantitative estimate of drug-likeness (QED) is 0.0211. The lowest BCUT2D eigenvalue weighted by Crippen LogP contribution is -2.40. The average molecular weight is 1270 g/mol. The maximum atomic E-state index is 13.0. The third-order valence-corrected chi connectivity index (χ3v) is 16.5. The van der Waals surface area contributed by atoms with E-state index in [0.29, 0.717) is 23.9 Å². The molecule has 9 heteroatoms. The number of carboxylic acids is 1. The highest BCUT2D eigenvalue weighted by molar-refractivity contribution is 5.71. The molecule has 0 heterocycles. The van der Waals surface area contributed by atoms with Gasteiger partial charge in [0.25, 0.3) is 6.29 Å². The van der Waals surface area contributed by atoms with Gasteiger partial charge in [0.1, 0.15) is 13.2 Å². The second-order valence-corrected chi connectivity index (χ2v) is 26.6. The maximum absolute atomic E-state index is 13.0. The monoisotopic (exact) mass is 1270 g/mol. The van der Waals surface area contributed by atoms with Crippen LogP contribution in [0, 0.1) is 0 Å². The van der Waals surface area contributed by atoms with Gasteiger partial charge in [0.05, 0.1) is 34.4 Å². The van der Waals surface area contributed by atoms with E-state index in [1.165, 1.54) is 199 Å². The van der Waals surface area contributed by atoms with Crippen LogP contribution < -0.4 is 0 Å². The topological polar surface area (TPSA) is 108 Å². The average Bonchev–Trinajstić information content (AvgIpc) is 3.46. The van der Waals surface area contributed by atoms with Crippen LogP contribution in [-0.2, 0) is 33.3 Å². The Balaban J connectivity index is 4.09. The molecule has 0 saturated heterocycles. The number of aliphatic carboxylic acids is 1. The van der Waals surface area contributed by atoms with E-state index < -0.39 is 24.3 Å². The predicted molar refractivity (Wildman–Crippen MR) is 392 cm³/mol. The Morgan fingerprint density at radius 2 is 0.626 bits per heavy atom. The lowest BCUT2D eigenvalue weighted by atomic mass is 10.0. The summed E-state index contributed by atoms with van der Waals surface area (Å²) >= 11 is 0. The molecule has 0 aromatic carbocycles. The highest BCUT2D eigenvalue weighted by atomic mass is 16.7. The van der Waals surface area contributed by atoms with Gasteiger partial charge in [-0.15, -0.1) is 0 Å². The van der Waals surface area contributed by atoms with E-state index in [9.17, 15) is 19.5 Å². The van der Waals surface area contributed by atoms with Crippen LogP contribution >= 0.6 is 0 Å². The molecule has 524 valence electrons. The second-order valence-electron chi connectivity index (χ2n) is 26.6. The lowest BCUT2D eigenvalue weighted by Gasteiger charge is -2.25. The predicted octanol–water partition coefficient (Wildman–Crippen LogP) is 24.1. The Labute approximate surface area is 562 Å². The highest BCUT2D eigenvalue weighted by Gasteiger charge is 2.25. The van der Waals surface area contributed by atoms with Crippen molar-refractivity contribution in [3.8, 4) is 0 Å². The summed E-state index contributed by atoms with van der Waals surface area (Å²) in [6.07, 6.45) is 97.9. The van der Waals surface area contributed by atoms with E-state index >= 15 is 0 Å². The van der Waals surface area contributed by atoms with Crippen molar-refractivity contribution < 1.29 is 42.9 Å². The molecule has 0 amide bonds. The first-order valence-corrected chi connectivity index (χ1v) is 38.1. The normalized spacial score (nSPS) is 13.3. The van der Waals surface area contributed by atoms with Crippen LogP contribution in [0.4, 0.5) is 0 Å². The molecule has 0 rings (SSSR count). The van der Waals surface area contributed by atoms with Gasteiger partial charge in [-0.25, -0.2) is 4.79 Å². The molecule has 0 bridgehead atoms. The van der Waals surface area contributed by atoms with Gasteiger partial charge in [0.15, 0.2) is 6.10 Å². The molecule has 0 saturated carbocycles. The molecule has 0 radical (unpaired) electrons. The number of ether oxygens (including phenoxy) is 4. The Kier molecular flexibility index (Phi) is 68.6. The largest absolute Gasteiger partial charge is 0.477 e. The number of carbonyl (C=O) groups excluding carboxylic acids is 2. The Bertz CT molecular complexity index is 1870. The van der Waals surface area contributed by atoms with E-state index in [-0.39, 0.29) is 32.2 Å². The summed E-state index contributed by atoms with van der Waals surface area (Å²) < 4.78 is 23.0. The van der Waals surface area contributed by atoms with Gasteiger partial charge < -0.3 is 28.5 Å². The molecule has 0 fully saturated rings. The number of quaternary nitrogens is 1. The Hall–Kier alpha value is -4.05. The molecular weight excluding hydrogens is 1130 g/mol. The van der Waals surface area contributed by atoms with E-state index in [2.05, 4.69) is 123 Å². The van der Waals surface area contributed by atoms with E-state index in [1.807, 2.05) is 21.1 Å². The van der Waals surface area contributed by atoms with Crippen LogP contribution in [0.25, 0.3) is 0 Å². The Morgan fingerprint density at radius 3 is 0.934 bits per heavy atom. The second kappa shape index (κ2) is 71.8. The fourth-order valence-corrected chi connectivity index (χ4v) is 10.8. The van der Waals surface area contributed by atoms with Crippen molar-refractivity contribution in [3.63, 3.8) is 0 Å². The van der Waals surface area contributed by atoms with Crippen LogP contribution in [0.2, 0.25) is 0 Å². The first-order chi connectivity index (χ1) is 44.6. The number of rotatable bonds is 70. The fraction of sp³-hybridized carbons (Fsp3) is 0.744. The van der Waals surface area contributed by atoms with Crippen molar-refractivity contribution in [1.29, 1.82) is 0 Å². The molecule has 0 aliphatic heterocycles. The molecule has 1 N–H and O–H groups in total. The van der Waals surface area contributed by atoms with Gasteiger partial charge in [-0.3, -0.25) is 9.59 Å². The summed E-state index contributed by atoms with van der Waals surface area (Å²) in [6, 6.07) is 0. The summed E-state index contributed by atoms with van der Waals surface area (Å²) in [5, 5.41) is 9.76. The SMILES string of the molecule is CC/C=C\C/C=C\C/C=C\C/C=C\C/C=C\C/C=C\C/C=C\C/C=C\C/C=C\CCCCCCCCCCCCCC(=O)OC(COC(=O)CCCCCCCCCCCCCCCCCCCCCCCCCCCCC)COC(OCC[N+](C)(C)C)C(=O)O. The van der Waals surface area contributed by atoms with Crippen LogP contribution in [0.5, 0.6) is 0 Å². The van der Waals surface area contributed by atoms with Gasteiger partial charge in [0, 0.05) is 12.8 Å². The Morgan fingerprint density at radius 1 is 0.341 bits per heavy atom. The minimum Gasteiger partial charge on any atom is -0.477 e. The van der Waals surface area contributed by atoms with Crippen LogP contribution in [0.1, 0.15) is 335 Å². The minimum absolute atomic E-state index is 0.184. The molecule has 0 aliphatic carbocycles. The maximum Gasteiger partial charge on any atom is 0.361 e. The molecule has 91 heavy (non-hydrogen) atoms. The van der Waals surface area contributed by atoms with Gasteiger partial charge >= 0.3 is 17.9 Å². The van der Waals surface area contributed by atoms with Crippen LogP contribution in [0.15, 0.2) is 109 Å². The van der Waals surface area contributed by atoms with Crippen molar-refractivity contribution in [2.75, 3.05) is 47.5 Å². The molecule has 0 aliphatic rings. The third kappa shape index (κ3) is 73.2. The third-order valence-electron chi connectivity index (χ3n) is 16.5. The van der Waals surface area contributed by atoms with Crippen molar-refractivity contribution >= 4 is 17.9 Å². The van der Waals surface area contributed by atoms with Crippen LogP contribution in [-0.4, -0.2) is 87.4 Å². The number of likely N-dealkylation sites (N-methyl/N-ethyl adjacent to an activating group) is 1. The van der Waals surface area contributed by atoms with Gasteiger partial charge in [0.2, 0.25) is 0 Å². The number of carbonyl (C=O) groups is 3. The first kappa shape index (κ1) is 87.0. The molecule has 0 spiro atoms. The number of nitrogens with zero attached hydrogens (tertiary/aromatic N) is 1. The zero-order valence-corrected chi connectivity index (χ0v) is 60.0. The summed E-state index contributed by atoms with van der Waals surface area (Å²) in [4.78, 5) is 37.7. The first-order valence-electron chi connectivity index (χ1n) is 38.1. The molecule has 2 unspecified atom stereocenters. The molecule has 2 atom stereocenters. The lowest BCUT2D eigenvalue weighted by molar-refractivity contribution is -0.870. The number of unbranched alkanes of at least 4 members (excludes halogenated alkanes) is 37. The van der Waals surface area contributed by atoms with E-state index in [4.69, 9.17) is 18.9 Å². The van der Waals surface area contributed by atoms with Crippen molar-refractivity contribution in [2.45, 2.75) is 347 Å². The molecular formula is C82H144NO8+. The summed E-state index contributed by atoms with van der Waals surface area (Å²) in [6.45, 7) is 4.80. The summed E-state index contributed by atoms with van der Waals surface area (Å²) in [5.74, 6) is -2.00. The smallest absolute Gasteiger partial charge is 0.361 e. The van der Waals surface area contributed by atoms with Crippen molar-refractivity contribution in [1.82, 2.24) is 0 Å². The molecule has 0 aromatic heterocycles.